The minimum absolute atomic E-state index is 0.0790. The lowest BCUT2D eigenvalue weighted by Gasteiger charge is -2.13. The highest BCUT2D eigenvalue weighted by molar-refractivity contribution is 7.07. The molecule has 2 aromatic carbocycles. The molecule has 0 aliphatic heterocycles. The normalized spacial score (nSPS) is 13.0. The van der Waals surface area contributed by atoms with E-state index in [4.69, 9.17) is 4.74 Å². The number of benzene rings is 2. The van der Waals surface area contributed by atoms with E-state index in [2.05, 4.69) is 0 Å². The van der Waals surface area contributed by atoms with Crippen LogP contribution in [0.4, 0.5) is 4.39 Å². The summed E-state index contributed by atoms with van der Waals surface area (Å²) < 4.78 is 21.4. The van der Waals surface area contributed by atoms with Gasteiger partial charge >= 0.3 is 0 Å². The van der Waals surface area contributed by atoms with E-state index >= 15 is 0 Å². The van der Waals surface area contributed by atoms with E-state index in [-0.39, 0.29) is 23.7 Å². The van der Waals surface area contributed by atoms with Gasteiger partial charge in [0.25, 0.3) is 5.56 Å². The standard InChI is InChI=1S/C24H24FNO3S/c1-24(2,3)21(27)14-22-26(15-17-8-5-9-18(25)11-17)23(28)20(30-22)13-16-7-6-10-19(12-16)29-4/h5-14H,15H2,1-4H3/b20-13-,22-14+. The van der Waals surface area contributed by atoms with Gasteiger partial charge in [-0.25, -0.2) is 4.39 Å². The van der Waals surface area contributed by atoms with Gasteiger partial charge in [0, 0.05) is 11.5 Å². The fourth-order valence-electron chi connectivity index (χ4n) is 2.82. The molecule has 3 aromatic rings. The molecule has 156 valence electrons. The van der Waals surface area contributed by atoms with Crippen molar-refractivity contribution in [1.82, 2.24) is 4.57 Å². The number of nitrogens with zero attached hydrogens (tertiary/aromatic N) is 1. The molecule has 0 aliphatic carbocycles. The molecule has 0 unspecified atom stereocenters. The number of Topliss-reactive ketones (excluding diaryl/α,β-unsaturated/α-hetero) is 1. The molecule has 0 bridgehead atoms. The maximum absolute atomic E-state index is 13.6. The second-order valence-corrected chi connectivity index (χ2v) is 9.07. The largest absolute Gasteiger partial charge is 0.497 e. The number of hydrogen-bond acceptors (Lipinski definition) is 4. The number of ether oxygens (including phenoxy) is 1. The number of ketones is 1. The van der Waals surface area contributed by atoms with E-state index in [1.54, 1.807) is 25.3 Å². The molecule has 3 rings (SSSR count). The van der Waals surface area contributed by atoms with Crippen LogP contribution in [0, 0.1) is 11.2 Å². The number of rotatable bonds is 5. The maximum Gasteiger partial charge on any atom is 0.269 e. The average Bonchev–Trinajstić information content (AvgIpc) is 2.96. The Hall–Kier alpha value is -2.99. The van der Waals surface area contributed by atoms with Crippen LogP contribution >= 0.6 is 11.3 Å². The van der Waals surface area contributed by atoms with E-state index < -0.39 is 5.41 Å². The van der Waals surface area contributed by atoms with Gasteiger partial charge in [-0.15, -0.1) is 11.3 Å². The summed E-state index contributed by atoms with van der Waals surface area (Å²) in [4.78, 5) is 25.8. The van der Waals surface area contributed by atoms with Crippen molar-refractivity contribution in [3.8, 4) is 5.75 Å². The first kappa shape index (κ1) is 21.7. The molecular formula is C24H24FNO3S. The molecule has 30 heavy (non-hydrogen) atoms. The van der Waals surface area contributed by atoms with Gasteiger partial charge in [-0.3, -0.25) is 14.2 Å². The van der Waals surface area contributed by atoms with E-state index in [0.717, 1.165) is 5.56 Å². The topological polar surface area (TPSA) is 48.3 Å². The molecule has 1 heterocycles. The van der Waals surface area contributed by atoms with Gasteiger partial charge in [0.15, 0.2) is 5.78 Å². The van der Waals surface area contributed by atoms with Crippen LogP contribution in [0.25, 0.3) is 12.2 Å². The fourth-order valence-corrected chi connectivity index (χ4v) is 3.86. The highest BCUT2D eigenvalue weighted by Crippen LogP contribution is 2.15. The van der Waals surface area contributed by atoms with Crippen molar-refractivity contribution in [3.05, 3.63) is 85.0 Å². The number of thiazole rings is 1. The number of hydrogen-bond donors (Lipinski definition) is 0. The molecule has 4 nitrogen and oxygen atoms in total. The number of aromatic nitrogens is 1. The molecule has 0 spiro atoms. The highest BCUT2D eigenvalue weighted by Gasteiger charge is 2.19. The molecular weight excluding hydrogens is 401 g/mol. The smallest absolute Gasteiger partial charge is 0.269 e. The lowest BCUT2D eigenvalue weighted by molar-refractivity contribution is -0.120. The Bertz CT molecular complexity index is 1250. The Balaban J connectivity index is 2.18. The zero-order valence-corrected chi connectivity index (χ0v) is 18.3. The molecule has 0 N–H and O–H groups in total. The van der Waals surface area contributed by atoms with Gasteiger partial charge in [0.2, 0.25) is 0 Å². The van der Waals surface area contributed by atoms with Crippen molar-refractivity contribution in [2.75, 3.05) is 7.11 Å². The summed E-state index contributed by atoms with van der Waals surface area (Å²) in [5, 5.41) is 0. The van der Waals surface area contributed by atoms with Crippen LogP contribution in [0.3, 0.4) is 0 Å². The van der Waals surface area contributed by atoms with Gasteiger partial charge in [0.1, 0.15) is 16.2 Å². The summed E-state index contributed by atoms with van der Waals surface area (Å²) >= 11 is 1.25. The second kappa shape index (κ2) is 8.79. The molecule has 0 fully saturated rings. The van der Waals surface area contributed by atoms with Crippen LogP contribution in [0.5, 0.6) is 5.75 Å². The molecule has 0 radical (unpaired) electrons. The SMILES string of the molecule is COc1cccc(/C=c2\s/c(=C/C(=O)C(C)(C)C)n(Cc3cccc(F)c3)c2=O)c1. The first-order valence-corrected chi connectivity index (χ1v) is 10.3. The number of carbonyl (C=O) groups is 1. The summed E-state index contributed by atoms with van der Waals surface area (Å²) in [6.07, 6.45) is 3.28. The van der Waals surface area contributed by atoms with Crippen LogP contribution in [0.15, 0.2) is 53.3 Å². The third kappa shape index (κ3) is 5.13. The van der Waals surface area contributed by atoms with Gasteiger partial charge in [-0.2, -0.15) is 0 Å². The predicted molar refractivity (Wildman–Crippen MR) is 119 cm³/mol. The van der Waals surface area contributed by atoms with Gasteiger partial charge in [-0.1, -0.05) is 45.0 Å². The number of halogens is 1. The average molecular weight is 426 g/mol. The zero-order chi connectivity index (χ0) is 21.9. The monoisotopic (exact) mass is 425 g/mol. The first-order chi connectivity index (χ1) is 14.2. The molecule has 0 saturated heterocycles. The Morgan fingerprint density at radius 2 is 1.90 bits per heavy atom. The molecule has 0 saturated carbocycles. The third-order valence-corrected chi connectivity index (χ3v) is 5.61. The molecule has 1 aromatic heterocycles. The third-order valence-electron chi connectivity index (χ3n) is 4.55. The van der Waals surface area contributed by atoms with Crippen molar-refractivity contribution >= 4 is 29.3 Å². The Morgan fingerprint density at radius 3 is 2.57 bits per heavy atom. The van der Waals surface area contributed by atoms with Crippen molar-refractivity contribution < 1.29 is 13.9 Å². The molecule has 6 heteroatoms. The number of methoxy groups -OCH3 is 1. The maximum atomic E-state index is 13.6. The summed E-state index contributed by atoms with van der Waals surface area (Å²) in [7, 11) is 1.58. The van der Waals surface area contributed by atoms with Crippen LogP contribution in [0.1, 0.15) is 31.9 Å². The van der Waals surface area contributed by atoms with Crippen molar-refractivity contribution in [2.45, 2.75) is 27.3 Å². The summed E-state index contributed by atoms with van der Waals surface area (Å²) in [6.45, 7) is 5.68. The molecule has 0 amide bonds. The summed E-state index contributed by atoms with van der Waals surface area (Å²) in [5.41, 5.74) is 0.681. The molecule has 0 aliphatic rings. The Labute approximate surface area is 178 Å². The van der Waals surface area contributed by atoms with E-state index in [0.29, 0.717) is 20.5 Å². The van der Waals surface area contributed by atoms with Gasteiger partial charge < -0.3 is 4.74 Å². The fraction of sp³-hybridized carbons (Fsp3) is 0.250. The van der Waals surface area contributed by atoms with Crippen LogP contribution in [-0.4, -0.2) is 17.5 Å². The van der Waals surface area contributed by atoms with E-state index in [9.17, 15) is 14.0 Å². The van der Waals surface area contributed by atoms with Crippen LogP contribution < -0.4 is 19.5 Å². The number of carbonyl (C=O) groups excluding carboxylic acids is 1. The first-order valence-electron chi connectivity index (χ1n) is 9.53. The highest BCUT2D eigenvalue weighted by atomic mass is 32.1. The Kier molecular flexibility index (Phi) is 6.37. The minimum atomic E-state index is -0.569. The van der Waals surface area contributed by atoms with Gasteiger partial charge in [-0.05, 0) is 41.5 Å². The summed E-state index contributed by atoms with van der Waals surface area (Å²) in [6, 6.07) is 13.5. The van der Waals surface area contributed by atoms with Crippen molar-refractivity contribution in [2.24, 2.45) is 5.41 Å². The Morgan fingerprint density at radius 1 is 1.17 bits per heavy atom. The second-order valence-electron chi connectivity index (χ2n) is 8.01. The minimum Gasteiger partial charge on any atom is -0.497 e. The van der Waals surface area contributed by atoms with E-state index in [1.165, 1.54) is 34.1 Å². The van der Waals surface area contributed by atoms with Crippen molar-refractivity contribution in [1.29, 1.82) is 0 Å². The van der Waals surface area contributed by atoms with Gasteiger partial charge in [0.05, 0.1) is 18.2 Å². The lowest BCUT2D eigenvalue weighted by Crippen LogP contribution is -2.32. The lowest BCUT2D eigenvalue weighted by atomic mass is 9.91. The van der Waals surface area contributed by atoms with Crippen LogP contribution in [-0.2, 0) is 11.3 Å². The van der Waals surface area contributed by atoms with E-state index in [1.807, 2.05) is 45.0 Å². The zero-order valence-electron chi connectivity index (χ0n) is 17.4. The van der Waals surface area contributed by atoms with Crippen LogP contribution in [0.2, 0.25) is 0 Å². The quantitative estimate of drug-likeness (QED) is 0.630. The van der Waals surface area contributed by atoms with Crippen molar-refractivity contribution in [3.63, 3.8) is 0 Å². The summed E-state index contributed by atoms with van der Waals surface area (Å²) in [5.74, 6) is 0.245. The molecule has 0 atom stereocenters. The predicted octanol–water partition coefficient (Wildman–Crippen LogP) is 3.33.